The molecule has 0 rings (SSSR count). The van der Waals surface area contributed by atoms with Gasteiger partial charge < -0.3 is 4.74 Å². The fourth-order valence-electron chi connectivity index (χ4n) is 0.359. The van der Waals surface area contributed by atoms with E-state index in [4.69, 9.17) is 4.74 Å². The molecule has 0 aromatic rings. The second-order valence-electron chi connectivity index (χ2n) is 1.90. The minimum atomic E-state index is 0.734. The average Bonchev–Trinajstić information content (AvgIpc) is 1.80. The molecule has 0 spiro atoms. The molecular weight excluding hydrogens is 114 g/mol. The molecule has 0 radical (unpaired) electrons. The Morgan fingerprint density at radius 1 is 1.44 bits per heavy atom. The smallest absolute Gasteiger partial charge is 0.165 e. The van der Waals surface area contributed by atoms with E-state index in [1.54, 1.807) is 6.26 Å². The number of nitrogens with zero attached hydrogens (tertiary/aromatic N) is 1. The third kappa shape index (κ3) is 7.21. The van der Waals surface area contributed by atoms with Crippen LogP contribution in [0.1, 0.15) is 6.92 Å². The van der Waals surface area contributed by atoms with Crippen molar-refractivity contribution in [1.29, 1.82) is 0 Å². The highest BCUT2D eigenvalue weighted by Gasteiger charge is 1.74. The molecule has 0 saturated heterocycles. The van der Waals surface area contributed by atoms with E-state index in [0.717, 1.165) is 6.61 Å². The number of rotatable bonds is 3. The number of hydrogen-bond donors (Lipinski definition) is 0. The van der Waals surface area contributed by atoms with Crippen LogP contribution in [0.5, 0.6) is 0 Å². The van der Waals surface area contributed by atoms with Crippen LogP contribution < -0.4 is 0 Å². The summed E-state index contributed by atoms with van der Waals surface area (Å²) < 4.78 is 6.90. The second-order valence-corrected chi connectivity index (χ2v) is 1.90. The molecule has 0 amide bonds. The zero-order chi connectivity index (χ0) is 7.11. The highest BCUT2D eigenvalue weighted by atomic mass is 16.5. The molecule has 0 N–H and O–H groups in total. The molecule has 2 heteroatoms. The molecule has 0 unspecified atom stereocenters. The average molecular weight is 128 g/mol. The summed E-state index contributed by atoms with van der Waals surface area (Å²) in [5.41, 5.74) is 0. The van der Waals surface area contributed by atoms with Crippen LogP contribution in [0.4, 0.5) is 0 Å². The lowest BCUT2D eigenvalue weighted by Crippen LogP contribution is -1.95. The Labute approximate surface area is 56.5 Å². The van der Waals surface area contributed by atoms with Crippen molar-refractivity contribution >= 4 is 6.21 Å². The van der Waals surface area contributed by atoms with Gasteiger partial charge in [0.25, 0.3) is 0 Å². The first-order valence-corrected chi connectivity index (χ1v) is 3.05. The van der Waals surface area contributed by atoms with Gasteiger partial charge in [-0.2, -0.15) is 0 Å². The third-order valence-electron chi connectivity index (χ3n) is 0.726. The molecule has 0 saturated carbocycles. The maximum Gasteiger partial charge on any atom is 0.165 e. The van der Waals surface area contributed by atoms with Crippen molar-refractivity contribution in [2.75, 3.05) is 20.7 Å². The summed E-state index contributed by atoms with van der Waals surface area (Å²) in [6.45, 7) is 2.69. The van der Waals surface area contributed by atoms with Gasteiger partial charge >= 0.3 is 0 Å². The Balaban J connectivity index is 3.35. The lowest BCUT2D eigenvalue weighted by Gasteiger charge is -1.87. The molecule has 0 aliphatic carbocycles. The molecule has 9 heavy (non-hydrogen) atoms. The van der Waals surface area contributed by atoms with Gasteiger partial charge in [-0.3, -0.25) is 0 Å². The van der Waals surface area contributed by atoms with E-state index in [-0.39, 0.29) is 0 Å². The van der Waals surface area contributed by atoms with Crippen LogP contribution in [0.15, 0.2) is 12.3 Å². The molecule has 0 aliphatic rings. The van der Waals surface area contributed by atoms with Crippen LogP contribution in [0.3, 0.4) is 0 Å². The molecule has 0 bridgehead atoms. The Bertz CT molecular complexity index is 112. The van der Waals surface area contributed by atoms with Crippen molar-refractivity contribution in [3.05, 3.63) is 12.3 Å². The fraction of sp³-hybridized carbons (Fsp3) is 0.571. The predicted molar refractivity (Wildman–Crippen MR) is 38.9 cm³/mol. The molecular formula is C7H14NO+. The minimum absolute atomic E-state index is 0.734. The Morgan fingerprint density at radius 3 is 2.56 bits per heavy atom. The Kier molecular flexibility index (Phi) is 4.88. The first kappa shape index (κ1) is 8.21. The molecule has 0 fully saturated rings. The van der Waals surface area contributed by atoms with Gasteiger partial charge in [0.2, 0.25) is 0 Å². The van der Waals surface area contributed by atoms with Crippen molar-refractivity contribution in [2.24, 2.45) is 0 Å². The summed E-state index contributed by atoms with van der Waals surface area (Å²) in [5.74, 6) is 0. The molecule has 0 aromatic carbocycles. The monoisotopic (exact) mass is 128 g/mol. The first-order valence-electron chi connectivity index (χ1n) is 3.05. The lowest BCUT2D eigenvalue weighted by molar-refractivity contribution is -0.458. The van der Waals surface area contributed by atoms with Crippen molar-refractivity contribution in [3.63, 3.8) is 0 Å². The topological polar surface area (TPSA) is 12.2 Å². The first-order chi connectivity index (χ1) is 4.27. The largest absolute Gasteiger partial charge is 0.501 e. The van der Waals surface area contributed by atoms with E-state index in [0.29, 0.717) is 0 Å². The minimum Gasteiger partial charge on any atom is -0.501 e. The molecule has 0 heterocycles. The highest BCUT2D eigenvalue weighted by Crippen LogP contribution is 1.72. The maximum absolute atomic E-state index is 4.95. The van der Waals surface area contributed by atoms with E-state index in [9.17, 15) is 0 Å². The van der Waals surface area contributed by atoms with Gasteiger partial charge in [-0.1, -0.05) is 0 Å². The van der Waals surface area contributed by atoms with Crippen LogP contribution in [0.2, 0.25) is 0 Å². The Hall–Kier alpha value is -0.790. The van der Waals surface area contributed by atoms with E-state index >= 15 is 0 Å². The van der Waals surface area contributed by atoms with Gasteiger partial charge in [0.1, 0.15) is 14.1 Å². The molecule has 2 nitrogen and oxygen atoms in total. The van der Waals surface area contributed by atoms with Crippen molar-refractivity contribution in [3.8, 4) is 0 Å². The normalized spacial score (nSPS) is 9.67. The van der Waals surface area contributed by atoms with E-state index < -0.39 is 0 Å². The standard InChI is InChI=1S/C7H14NO/c1-4-9-7-5-6-8(2)3/h5-7H,4H2,1-3H3/q+1/b7-5+. The SMILES string of the molecule is CCO/C=C/C=[N+](C)C. The van der Waals surface area contributed by atoms with E-state index in [2.05, 4.69) is 0 Å². The lowest BCUT2D eigenvalue weighted by atomic mass is 10.6. The van der Waals surface area contributed by atoms with Crippen LogP contribution >= 0.6 is 0 Å². The van der Waals surface area contributed by atoms with E-state index in [1.165, 1.54) is 0 Å². The van der Waals surface area contributed by atoms with Crippen LogP contribution in [0.25, 0.3) is 0 Å². The summed E-state index contributed by atoms with van der Waals surface area (Å²) in [6.07, 6.45) is 5.47. The summed E-state index contributed by atoms with van der Waals surface area (Å²) >= 11 is 0. The maximum atomic E-state index is 4.95. The summed E-state index contributed by atoms with van der Waals surface area (Å²) in [4.78, 5) is 0. The van der Waals surface area contributed by atoms with Crippen molar-refractivity contribution < 1.29 is 9.31 Å². The van der Waals surface area contributed by atoms with E-state index in [1.807, 2.05) is 37.9 Å². The second kappa shape index (κ2) is 5.35. The van der Waals surface area contributed by atoms with Gasteiger partial charge in [-0.15, -0.1) is 0 Å². The summed E-state index contributed by atoms with van der Waals surface area (Å²) in [7, 11) is 3.94. The van der Waals surface area contributed by atoms with Crippen LogP contribution in [-0.4, -0.2) is 31.5 Å². The zero-order valence-corrected chi connectivity index (χ0v) is 6.29. The molecule has 0 atom stereocenters. The van der Waals surface area contributed by atoms with Gasteiger partial charge in [0, 0.05) is 6.08 Å². The van der Waals surface area contributed by atoms with Gasteiger partial charge in [0.15, 0.2) is 6.21 Å². The number of ether oxygens (including phenoxy) is 1. The van der Waals surface area contributed by atoms with Gasteiger partial charge in [-0.25, -0.2) is 4.58 Å². The highest BCUT2D eigenvalue weighted by molar-refractivity contribution is 5.65. The molecule has 0 aliphatic heterocycles. The Morgan fingerprint density at radius 2 is 2.11 bits per heavy atom. The molecule has 52 valence electrons. The van der Waals surface area contributed by atoms with Crippen molar-refractivity contribution in [2.45, 2.75) is 6.92 Å². The number of allylic oxidation sites excluding steroid dienone is 1. The quantitative estimate of drug-likeness (QED) is 0.312. The van der Waals surface area contributed by atoms with Gasteiger partial charge in [-0.05, 0) is 6.92 Å². The summed E-state index contributed by atoms with van der Waals surface area (Å²) in [6, 6.07) is 0. The number of hydrogen-bond acceptors (Lipinski definition) is 1. The third-order valence-corrected chi connectivity index (χ3v) is 0.726. The predicted octanol–water partition coefficient (Wildman–Crippen LogP) is 0.879. The molecule has 0 aromatic heterocycles. The van der Waals surface area contributed by atoms with Gasteiger partial charge in [0.05, 0.1) is 12.9 Å². The fourth-order valence-corrected chi connectivity index (χ4v) is 0.359. The zero-order valence-electron chi connectivity index (χ0n) is 6.29. The summed E-state index contributed by atoms with van der Waals surface area (Å²) in [5, 5.41) is 0. The van der Waals surface area contributed by atoms with Crippen LogP contribution in [0, 0.1) is 0 Å². The van der Waals surface area contributed by atoms with Crippen LogP contribution in [-0.2, 0) is 4.74 Å². The van der Waals surface area contributed by atoms with Crippen molar-refractivity contribution in [1.82, 2.24) is 0 Å².